The monoisotopic (exact) mass is 237 g/mol. The molecule has 1 atom stereocenters. The van der Waals surface area contributed by atoms with E-state index in [4.69, 9.17) is 14.9 Å². The molecule has 0 bridgehead atoms. The van der Waals surface area contributed by atoms with Crippen LogP contribution < -0.4 is 10.1 Å². The van der Waals surface area contributed by atoms with Gasteiger partial charge in [-0.2, -0.15) is 0 Å². The number of hydrogen-bond donors (Lipinski definition) is 3. The minimum Gasteiger partial charge on any atom is -0.488 e. The van der Waals surface area contributed by atoms with E-state index in [-0.39, 0.29) is 25.4 Å². The first-order valence-corrected chi connectivity index (χ1v) is 5.94. The van der Waals surface area contributed by atoms with Crippen molar-refractivity contribution in [2.75, 3.05) is 19.8 Å². The van der Waals surface area contributed by atoms with Crippen LogP contribution in [0.15, 0.2) is 18.2 Å². The highest BCUT2D eigenvalue weighted by molar-refractivity contribution is 5.40. The van der Waals surface area contributed by atoms with Gasteiger partial charge in [-0.25, -0.2) is 0 Å². The summed E-state index contributed by atoms with van der Waals surface area (Å²) in [5.41, 5.74) is 2.48. The van der Waals surface area contributed by atoms with E-state index < -0.39 is 0 Å². The van der Waals surface area contributed by atoms with Crippen molar-refractivity contribution in [2.45, 2.75) is 25.5 Å². The van der Waals surface area contributed by atoms with Crippen LogP contribution in [0.3, 0.4) is 0 Å². The molecule has 4 heteroatoms. The first-order valence-electron chi connectivity index (χ1n) is 5.94. The molecule has 17 heavy (non-hydrogen) atoms. The smallest absolute Gasteiger partial charge is 0.123 e. The zero-order valence-electron chi connectivity index (χ0n) is 10.0. The van der Waals surface area contributed by atoms with E-state index in [9.17, 15) is 0 Å². The van der Waals surface area contributed by atoms with Crippen molar-refractivity contribution in [2.24, 2.45) is 0 Å². The van der Waals surface area contributed by atoms with Crippen molar-refractivity contribution < 1.29 is 14.9 Å². The van der Waals surface area contributed by atoms with E-state index in [1.165, 1.54) is 11.1 Å². The molecule has 0 aliphatic carbocycles. The minimum absolute atomic E-state index is 0.0602. The average molecular weight is 237 g/mol. The minimum atomic E-state index is -0.260. The fourth-order valence-electron chi connectivity index (χ4n) is 2.05. The van der Waals surface area contributed by atoms with Crippen LogP contribution in [-0.2, 0) is 6.42 Å². The molecule has 0 saturated carbocycles. The Morgan fingerprint density at radius 2 is 2.18 bits per heavy atom. The first kappa shape index (κ1) is 12.4. The Hall–Kier alpha value is -1.10. The lowest BCUT2D eigenvalue weighted by molar-refractivity contribution is 0.153. The topological polar surface area (TPSA) is 61.7 Å². The molecule has 0 saturated heterocycles. The molecule has 1 aromatic carbocycles. The number of aliphatic hydroxyl groups excluding tert-OH is 2. The SMILES string of the molecule is Cc1ccc2c(c1)CC(CNC(CO)CO)O2. The maximum absolute atomic E-state index is 8.95. The Kier molecular flexibility index (Phi) is 3.99. The summed E-state index contributed by atoms with van der Waals surface area (Å²) in [4.78, 5) is 0. The van der Waals surface area contributed by atoms with Crippen LogP contribution in [0.25, 0.3) is 0 Å². The van der Waals surface area contributed by atoms with E-state index in [1.807, 2.05) is 12.1 Å². The van der Waals surface area contributed by atoms with Gasteiger partial charge in [-0.1, -0.05) is 17.7 Å². The second kappa shape index (κ2) is 5.49. The van der Waals surface area contributed by atoms with Crippen molar-refractivity contribution in [3.8, 4) is 5.75 Å². The molecule has 0 spiro atoms. The molecule has 94 valence electrons. The Balaban J connectivity index is 1.88. The third-order valence-corrected chi connectivity index (χ3v) is 3.03. The molecular weight excluding hydrogens is 218 g/mol. The van der Waals surface area contributed by atoms with E-state index in [1.54, 1.807) is 0 Å². The lowest BCUT2D eigenvalue weighted by Gasteiger charge is -2.16. The largest absolute Gasteiger partial charge is 0.488 e. The van der Waals surface area contributed by atoms with E-state index in [0.717, 1.165) is 12.2 Å². The number of fused-ring (bicyclic) bond motifs is 1. The summed E-state index contributed by atoms with van der Waals surface area (Å²) >= 11 is 0. The molecule has 3 N–H and O–H groups in total. The van der Waals surface area contributed by atoms with Gasteiger partial charge in [0.1, 0.15) is 11.9 Å². The van der Waals surface area contributed by atoms with Gasteiger partial charge in [-0.15, -0.1) is 0 Å². The third-order valence-electron chi connectivity index (χ3n) is 3.03. The lowest BCUT2D eigenvalue weighted by atomic mass is 10.1. The Labute approximate surface area is 101 Å². The van der Waals surface area contributed by atoms with Gasteiger partial charge in [0, 0.05) is 13.0 Å². The summed E-state index contributed by atoms with van der Waals surface area (Å²) in [5, 5.41) is 21.0. The molecule has 0 radical (unpaired) electrons. The summed E-state index contributed by atoms with van der Waals surface area (Å²) in [6.45, 7) is 2.59. The van der Waals surface area contributed by atoms with Crippen molar-refractivity contribution in [1.29, 1.82) is 0 Å². The molecule has 0 fully saturated rings. The van der Waals surface area contributed by atoms with Crippen LogP contribution >= 0.6 is 0 Å². The van der Waals surface area contributed by atoms with Crippen LogP contribution in [0, 0.1) is 6.92 Å². The van der Waals surface area contributed by atoms with Gasteiger partial charge >= 0.3 is 0 Å². The summed E-state index contributed by atoms with van der Waals surface area (Å²) in [5.74, 6) is 0.951. The third kappa shape index (κ3) is 2.97. The van der Waals surface area contributed by atoms with Crippen LogP contribution in [-0.4, -0.2) is 42.1 Å². The summed E-state index contributed by atoms with van der Waals surface area (Å²) in [7, 11) is 0. The van der Waals surface area contributed by atoms with E-state index in [2.05, 4.69) is 18.3 Å². The summed E-state index contributed by atoms with van der Waals surface area (Å²) < 4.78 is 5.78. The molecule has 4 nitrogen and oxygen atoms in total. The summed E-state index contributed by atoms with van der Waals surface area (Å²) in [6, 6.07) is 5.92. The second-order valence-electron chi connectivity index (χ2n) is 4.53. The quantitative estimate of drug-likeness (QED) is 0.686. The zero-order chi connectivity index (χ0) is 12.3. The molecule has 0 aromatic heterocycles. The maximum atomic E-state index is 8.95. The van der Waals surface area contributed by atoms with Gasteiger partial charge in [0.15, 0.2) is 0 Å². The molecule has 1 heterocycles. The van der Waals surface area contributed by atoms with Crippen molar-refractivity contribution in [1.82, 2.24) is 5.32 Å². The fraction of sp³-hybridized carbons (Fsp3) is 0.538. The van der Waals surface area contributed by atoms with Crippen LogP contribution in [0.4, 0.5) is 0 Å². The second-order valence-corrected chi connectivity index (χ2v) is 4.53. The maximum Gasteiger partial charge on any atom is 0.123 e. The van der Waals surface area contributed by atoms with Gasteiger partial charge in [-0.3, -0.25) is 0 Å². The molecule has 1 unspecified atom stereocenters. The van der Waals surface area contributed by atoms with Gasteiger partial charge in [0.05, 0.1) is 19.3 Å². The highest BCUT2D eigenvalue weighted by atomic mass is 16.5. The van der Waals surface area contributed by atoms with Gasteiger partial charge in [0.25, 0.3) is 0 Å². The Morgan fingerprint density at radius 3 is 2.88 bits per heavy atom. The van der Waals surface area contributed by atoms with Crippen molar-refractivity contribution in [3.05, 3.63) is 29.3 Å². The van der Waals surface area contributed by atoms with Gasteiger partial charge < -0.3 is 20.3 Å². The fourth-order valence-corrected chi connectivity index (χ4v) is 2.05. The molecular formula is C13H19NO3. The standard InChI is InChI=1S/C13H19NO3/c1-9-2-3-13-10(4-9)5-12(17-13)6-14-11(7-15)8-16/h2-4,11-12,14-16H,5-8H2,1H3. The number of nitrogens with one attached hydrogen (secondary N) is 1. The van der Waals surface area contributed by atoms with Crippen molar-refractivity contribution >= 4 is 0 Å². The van der Waals surface area contributed by atoms with E-state index >= 15 is 0 Å². The normalized spacial score (nSPS) is 18.2. The van der Waals surface area contributed by atoms with E-state index in [0.29, 0.717) is 6.54 Å². The molecule has 1 aliphatic heterocycles. The first-order chi connectivity index (χ1) is 8.22. The molecule has 0 amide bonds. The molecule has 1 aromatic rings. The Bertz CT molecular complexity index is 377. The van der Waals surface area contributed by atoms with Crippen LogP contribution in [0.1, 0.15) is 11.1 Å². The molecule has 1 aliphatic rings. The predicted octanol–water partition coefficient (Wildman–Crippen LogP) is 0.241. The number of benzene rings is 1. The predicted molar refractivity (Wildman–Crippen MR) is 65.3 cm³/mol. The van der Waals surface area contributed by atoms with Crippen LogP contribution in [0.2, 0.25) is 0 Å². The average Bonchev–Trinajstić information content (AvgIpc) is 2.72. The highest BCUT2D eigenvalue weighted by Crippen LogP contribution is 2.29. The number of rotatable bonds is 5. The zero-order valence-corrected chi connectivity index (χ0v) is 10.0. The number of aliphatic hydroxyl groups is 2. The van der Waals surface area contributed by atoms with Gasteiger partial charge in [0.2, 0.25) is 0 Å². The van der Waals surface area contributed by atoms with Crippen LogP contribution in [0.5, 0.6) is 5.75 Å². The number of ether oxygens (including phenoxy) is 1. The highest BCUT2D eigenvalue weighted by Gasteiger charge is 2.23. The van der Waals surface area contributed by atoms with Gasteiger partial charge in [-0.05, 0) is 18.6 Å². The lowest BCUT2D eigenvalue weighted by Crippen LogP contribution is -2.41. The Morgan fingerprint density at radius 1 is 1.41 bits per heavy atom. The molecule has 2 rings (SSSR count). The number of aryl methyl sites for hydroxylation is 1. The van der Waals surface area contributed by atoms with Crippen molar-refractivity contribution in [3.63, 3.8) is 0 Å². The number of hydrogen-bond acceptors (Lipinski definition) is 4. The summed E-state index contributed by atoms with van der Waals surface area (Å²) in [6.07, 6.45) is 0.973.